The summed E-state index contributed by atoms with van der Waals surface area (Å²) in [5, 5.41) is 2.62. The van der Waals surface area contributed by atoms with Gasteiger partial charge in [0, 0.05) is 24.4 Å². The number of aromatic amines is 1. The number of amides is 1. The molecule has 7 nitrogen and oxygen atoms in total. The molecule has 0 atom stereocenters. The van der Waals surface area contributed by atoms with Crippen molar-refractivity contribution in [2.75, 3.05) is 19.8 Å². The summed E-state index contributed by atoms with van der Waals surface area (Å²) in [5.74, 6) is -1.99. The molecule has 1 amide bonds. The van der Waals surface area contributed by atoms with Gasteiger partial charge in [-0.2, -0.15) is 0 Å². The van der Waals surface area contributed by atoms with Crippen LogP contribution in [0.4, 0.5) is 0 Å². The van der Waals surface area contributed by atoms with E-state index in [-0.39, 0.29) is 24.0 Å². The summed E-state index contributed by atoms with van der Waals surface area (Å²) >= 11 is 0. The number of H-pyrrole nitrogens is 1. The average Bonchev–Trinajstić information content (AvgIpc) is 3.04. The number of benzene rings is 1. The first-order valence-corrected chi connectivity index (χ1v) is 10.2. The predicted octanol–water partition coefficient (Wildman–Crippen LogP) is 3.59. The predicted molar refractivity (Wildman–Crippen MR) is 115 cm³/mol. The van der Waals surface area contributed by atoms with Gasteiger partial charge in [0.05, 0.1) is 18.3 Å². The molecular weight excluding hydrogens is 384 g/mol. The van der Waals surface area contributed by atoms with Crippen molar-refractivity contribution in [2.45, 2.75) is 47.1 Å². The van der Waals surface area contributed by atoms with Crippen LogP contribution >= 0.6 is 0 Å². The van der Waals surface area contributed by atoms with Crippen LogP contribution in [0.15, 0.2) is 24.3 Å². The summed E-state index contributed by atoms with van der Waals surface area (Å²) in [6, 6.07) is 7.41. The van der Waals surface area contributed by atoms with Crippen LogP contribution in [0.2, 0.25) is 0 Å². The Morgan fingerprint density at radius 3 is 2.37 bits per heavy atom. The van der Waals surface area contributed by atoms with Gasteiger partial charge in [-0.3, -0.25) is 9.59 Å². The quantitative estimate of drug-likeness (QED) is 0.268. The number of carbonyl (C=O) groups excluding carboxylic acids is 3. The third-order valence-electron chi connectivity index (χ3n) is 4.50. The standard InChI is InChI=1S/C23H30N2O5/c1-6-29-23(28)18-16(5)25-20(19(18)17-10-8-15(4)9-11-17)21(26)22(27)24-12-7-13-30-14(2)3/h8-11,14,25H,6-7,12-13H2,1-5H3,(H,24,27). The maximum Gasteiger partial charge on any atom is 0.340 e. The number of ketones is 1. The van der Waals surface area contributed by atoms with E-state index in [1.165, 1.54) is 0 Å². The van der Waals surface area contributed by atoms with Crippen molar-refractivity contribution in [1.29, 1.82) is 0 Å². The molecule has 2 N–H and O–H groups in total. The lowest BCUT2D eigenvalue weighted by molar-refractivity contribution is -0.117. The van der Waals surface area contributed by atoms with Crippen molar-refractivity contribution in [3.63, 3.8) is 0 Å². The summed E-state index contributed by atoms with van der Waals surface area (Å²) < 4.78 is 10.6. The second-order valence-corrected chi connectivity index (χ2v) is 7.32. The Morgan fingerprint density at radius 1 is 1.10 bits per heavy atom. The van der Waals surface area contributed by atoms with Gasteiger partial charge in [0.25, 0.3) is 11.7 Å². The van der Waals surface area contributed by atoms with Crippen molar-refractivity contribution in [1.82, 2.24) is 10.3 Å². The molecule has 0 aliphatic heterocycles. The molecule has 1 heterocycles. The van der Waals surface area contributed by atoms with E-state index >= 15 is 0 Å². The summed E-state index contributed by atoms with van der Waals surface area (Å²) in [4.78, 5) is 40.8. The van der Waals surface area contributed by atoms with Gasteiger partial charge in [-0.15, -0.1) is 0 Å². The third-order valence-corrected chi connectivity index (χ3v) is 4.50. The first kappa shape index (κ1) is 23.3. The highest BCUT2D eigenvalue weighted by atomic mass is 16.5. The molecule has 2 aromatic rings. The lowest BCUT2D eigenvalue weighted by atomic mass is 9.97. The normalized spacial score (nSPS) is 10.9. The molecule has 162 valence electrons. The van der Waals surface area contributed by atoms with Crippen molar-refractivity contribution < 1.29 is 23.9 Å². The fraction of sp³-hybridized carbons (Fsp3) is 0.435. The zero-order chi connectivity index (χ0) is 22.3. The first-order chi connectivity index (χ1) is 14.3. The highest BCUT2D eigenvalue weighted by Gasteiger charge is 2.29. The van der Waals surface area contributed by atoms with Gasteiger partial charge in [-0.1, -0.05) is 29.8 Å². The van der Waals surface area contributed by atoms with E-state index in [1.807, 2.05) is 45.0 Å². The number of carbonyl (C=O) groups is 3. The molecule has 0 fully saturated rings. The Hall–Kier alpha value is -2.93. The number of ether oxygens (including phenoxy) is 2. The van der Waals surface area contributed by atoms with E-state index in [9.17, 15) is 14.4 Å². The zero-order valence-corrected chi connectivity index (χ0v) is 18.3. The number of aromatic nitrogens is 1. The highest BCUT2D eigenvalue weighted by Crippen LogP contribution is 2.31. The molecule has 0 aliphatic carbocycles. The Balaban J connectivity index is 2.31. The molecule has 0 bridgehead atoms. The SMILES string of the molecule is CCOC(=O)c1c(C)[nH]c(C(=O)C(=O)NCCCOC(C)C)c1-c1ccc(C)cc1. The van der Waals surface area contributed by atoms with Crippen molar-refractivity contribution in [3.05, 3.63) is 46.8 Å². The van der Waals surface area contributed by atoms with E-state index in [2.05, 4.69) is 10.3 Å². The number of hydrogen-bond acceptors (Lipinski definition) is 5. The molecule has 0 unspecified atom stereocenters. The van der Waals surface area contributed by atoms with Crippen molar-refractivity contribution >= 4 is 17.7 Å². The van der Waals surface area contributed by atoms with Gasteiger partial charge in [0.2, 0.25) is 0 Å². The number of hydrogen-bond donors (Lipinski definition) is 2. The van der Waals surface area contributed by atoms with E-state index in [0.29, 0.717) is 36.4 Å². The van der Waals surface area contributed by atoms with Crippen molar-refractivity contribution in [3.8, 4) is 11.1 Å². The minimum atomic E-state index is -0.732. The fourth-order valence-electron chi connectivity index (χ4n) is 3.05. The molecular formula is C23H30N2O5. The molecule has 0 radical (unpaired) electrons. The largest absolute Gasteiger partial charge is 0.462 e. The van der Waals surface area contributed by atoms with Gasteiger partial charge in [0.1, 0.15) is 5.69 Å². The lowest BCUT2D eigenvalue weighted by Crippen LogP contribution is -2.32. The molecule has 1 aromatic heterocycles. The first-order valence-electron chi connectivity index (χ1n) is 10.2. The molecule has 1 aromatic carbocycles. The average molecular weight is 415 g/mol. The van der Waals surface area contributed by atoms with E-state index in [1.54, 1.807) is 13.8 Å². The maximum absolute atomic E-state index is 12.9. The molecule has 0 spiro atoms. The van der Waals surface area contributed by atoms with Gasteiger partial charge in [-0.25, -0.2) is 4.79 Å². The Labute approximate surface area is 177 Å². The number of rotatable bonds is 10. The van der Waals surface area contributed by atoms with Crippen LogP contribution in [0.3, 0.4) is 0 Å². The van der Waals surface area contributed by atoms with Crippen molar-refractivity contribution in [2.24, 2.45) is 0 Å². The summed E-state index contributed by atoms with van der Waals surface area (Å²) in [6.07, 6.45) is 0.711. The van der Waals surface area contributed by atoms with Gasteiger partial charge < -0.3 is 19.8 Å². The third kappa shape index (κ3) is 5.79. The summed E-state index contributed by atoms with van der Waals surface area (Å²) in [7, 11) is 0. The zero-order valence-electron chi connectivity index (χ0n) is 18.3. The monoisotopic (exact) mass is 414 g/mol. The number of nitrogens with one attached hydrogen (secondary N) is 2. The van der Waals surface area contributed by atoms with Gasteiger partial charge in [-0.05, 0) is 46.6 Å². The summed E-state index contributed by atoms with van der Waals surface area (Å²) in [6.45, 7) is 10.2. The Bertz CT molecular complexity index is 897. The number of Topliss-reactive ketones (excluding diaryl/α,β-unsaturated/α-hetero) is 1. The molecule has 30 heavy (non-hydrogen) atoms. The van der Waals surface area contributed by atoms with E-state index in [0.717, 1.165) is 5.56 Å². The number of aryl methyl sites for hydroxylation is 2. The molecule has 2 rings (SSSR count). The maximum atomic E-state index is 12.9. The smallest absolute Gasteiger partial charge is 0.340 e. The van der Waals surface area contributed by atoms with Crippen LogP contribution in [0.5, 0.6) is 0 Å². The highest BCUT2D eigenvalue weighted by molar-refractivity contribution is 6.43. The lowest BCUT2D eigenvalue weighted by Gasteiger charge is -2.09. The second-order valence-electron chi connectivity index (χ2n) is 7.32. The van der Waals surface area contributed by atoms with E-state index in [4.69, 9.17) is 9.47 Å². The molecule has 7 heteroatoms. The van der Waals surface area contributed by atoms with Gasteiger partial charge >= 0.3 is 5.97 Å². The minimum absolute atomic E-state index is 0.0790. The summed E-state index contributed by atoms with van der Waals surface area (Å²) in [5.41, 5.74) is 2.91. The van der Waals surface area contributed by atoms with Crippen LogP contribution in [-0.4, -0.2) is 48.5 Å². The van der Waals surface area contributed by atoms with Crippen LogP contribution < -0.4 is 5.32 Å². The minimum Gasteiger partial charge on any atom is -0.462 e. The molecule has 0 aliphatic rings. The molecule has 0 saturated carbocycles. The number of esters is 1. The topological polar surface area (TPSA) is 97.5 Å². The second kappa shape index (κ2) is 10.7. The molecule has 0 saturated heterocycles. The van der Waals surface area contributed by atoms with Crippen LogP contribution in [0, 0.1) is 13.8 Å². The fourth-order valence-corrected chi connectivity index (χ4v) is 3.05. The Kier molecular flexibility index (Phi) is 8.35. The van der Waals surface area contributed by atoms with Crippen LogP contribution in [-0.2, 0) is 14.3 Å². The van der Waals surface area contributed by atoms with Gasteiger partial charge in [0.15, 0.2) is 0 Å². The van der Waals surface area contributed by atoms with Crippen LogP contribution in [0.1, 0.15) is 59.3 Å². The Morgan fingerprint density at radius 2 is 1.77 bits per heavy atom. The van der Waals surface area contributed by atoms with Crippen LogP contribution in [0.25, 0.3) is 11.1 Å². The van der Waals surface area contributed by atoms with E-state index < -0.39 is 17.7 Å².